The molecular formula is C20H20ClF3N2O4S. The smallest absolute Gasteiger partial charge is 0.417 e. The van der Waals surface area contributed by atoms with Crippen LogP contribution in [-0.4, -0.2) is 38.8 Å². The van der Waals surface area contributed by atoms with Gasteiger partial charge in [-0.15, -0.1) is 6.58 Å². The minimum absolute atomic E-state index is 0.129. The SMILES string of the molecule is C=CCN(CC(=O)NCc1ccc(OC)cc1)S(=O)(=O)c1ccc(Cl)c(C(F)(F)F)c1. The summed E-state index contributed by atoms with van der Waals surface area (Å²) in [5.74, 6) is 0.00534. The second-order valence-corrected chi connectivity index (χ2v) is 8.70. The fourth-order valence-corrected chi connectivity index (χ4v) is 4.20. The van der Waals surface area contributed by atoms with Crippen molar-refractivity contribution in [3.63, 3.8) is 0 Å². The van der Waals surface area contributed by atoms with Gasteiger partial charge in [-0.25, -0.2) is 8.42 Å². The number of methoxy groups -OCH3 is 1. The van der Waals surface area contributed by atoms with Gasteiger partial charge in [0.1, 0.15) is 5.75 Å². The van der Waals surface area contributed by atoms with Crippen molar-refractivity contribution in [3.05, 3.63) is 71.3 Å². The summed E-state index contributed by atoms with van der Waals surface area (Å²) < 4.78 is 70.8. The van der Waals surface area contributed by atoms with Crippen molar-refractivity contribution in [2.75, 3.05) is 20.2 Å². The summed E-state index contributed by atoms with van der Waals surface area (Å²) in [7, 11) is -2.91. The molecule has 1 amide bonds. The molecule has 0 unspecified atom stereocenters. The van der Waals surface area contributed by atoms with Crippen molar-refractivity contribution in [3.8, 4) is 5.75 Å². The predicted molar refractivity (Wildman–Crippen MR) is 110 cm³/mol. The van der Waals surface area contributed by atoms with Gasteiger partial charge in [-0.05, 0) is 35.9 Å². The number of halogens is 4. The van der Waals surface area contributed by atoms with Crippen molar-refractivity contribution < 1.29 is 31.1 Å². The third kappa shape index (κ3) is 6.46. The first kappa shape index (κ1) is 24.7. The first-order chi connectivity index (χ1) is 14.5. The van der Waals surface area contributed by atoms with E-state index in [-0.39, 0.29) is 13.1 Å². The van der Waals surface area contributed by atoms with Gasteiger partial charge in [0.15, 0.2) is 0 Å². The topological polar surface area (TPSA) is 75.7 Å². The van der Waals surface area contributed by atoms with E-state index in [1.54, 1.807) is 24.3 Å². The third-order valence-electron chi connectivity index (χ3n) is 4.18. The average molecular weight is 477 g/mol. The molecule has 0 heterocycles. The second kappa shape index (κ2) is 10.2. The number of nitrogens with one attached hydrogen (secondary N) is 1. The van der Waals surface area contributed by atoms with Crippen molar-refractivity contribution in [1.29, 1.82) is 0 Å². The van der Waals surface area contributed by atoms with Gasteiger partial charge in [0.05, 0.1) is 29.1 Å². The maximum Gasteiger partial charge on any atom is 0.417 e. The number of alkyl halides is 3. The van der Waals surface area contributed by atoms with E-state index in [4.69, 9.17) is 16.3 Å². The standard InChI is InChI=1S/C20H20ClF3N2O4S/c1-3-10-26(13-19(27)25-12-14-4-6-15(30-2)7-5-14)31(28,29)16-8-9-18(21)17(11-16)20(22,23)24/h3-9,11H,1,10,12-13H2,2H3,(H,25,27). The molecule has 0 atom stereocenters. The number of nitrogens with zero attached hydrogens (tertiary/aromatic N) is 1. The van der Waals surface area contributed by atoms with Crippen LogP contribution in [0.15, 0.2) is 60.0 Å². The van der Waals surface area contributed by atoms with Crippen LogP contribution in [0.2, 0.25) is 5.02 Å². The quantitative estimate of drug-likeness (QED) is 0.558. The number of rotatable bonds is 9. The van der Waals surface area contributed by atoms with Gasteiger partial charge in [0, 0.05) is 13.1 Å². The number of carbonyl (C=O) groups is 1. The summed E-state index contributed by atoms with van der Waals surface area (Å²) >= 11 is 5.56. The fourth-order valence-electron chi connectivity index (χ4n) is 2.58. The maximum absolute atomic E-state index is 13.1. The van der Waals surface area contributed by atoms with Gasteiger partial charge in [-0.2, -0.15) is 17.5 Å². The fraction of sp³-hybridized carbons (Fsp3) is 0.250. The molecule has 2 aromatic carbocycles. The predicted octanol–water partition coefficient (Wildman–Crippen LogP) is 3.86. The van der Waals surface area contributed by atoms with Crippen LogP contribution in [0.25, 0.3) is 0 Å². The van der Waals surface area contributed by atoms with Crippen LogP contribution in [-0.2, 0) is 27.5 Å². The summed E-state index contributed by atoms with van der Waals surface area (Å²) in [4.78, 5) is 11.7. The zero-order valence-corrected chi connectivity index (χ0v) is 18.0. The van der Waals surface area contributed by atoms with Crippen molar-refractivity contribution in [2.45, 2.75) is 17.6 Å². The van der Waals surface area contributed by atoms with Gasteiger partial charge in [0.2, 0.25) is 15.9 Å². The molecule has 0 spiro atoms. The Bertz CT molecular complexity index is 1040. The highest BCUT2D eigenvalue weighted by Crippen LogP contribution is 2.36. The van der Waals surface area contributed by atoms with E-state index < -0.39 is 44.1 Å². The van der Waals surface area contributed by atoms with Crippen LogP contribution in [0.3, 0.4) is 0 Å². The summed E-state index contributed by atoms with van der Waals surface area (Å²) in [5.41, 5.74) is -0.530. The Morgan fingerprint density at radius 2 is 1.87 bits per heavy atom. The van der Waals surface area contributed by atoms with Gasteiger partial charge >= 0.3 is 6.18 Å². The summed E-state index contributed by atoms with van der Waals surface area (Å²) in [6.45, 7) is 2.70. The number of amides is 1. The molecule has 0 aliphatic heterocycles. The number of benzene rings is 2. The van der Waals surface area contributed by atoms with E-state index >= 15 is 0 Å². The van der Waals surface area contributed by atoms with Crippen molar-refractivity contribution in [1.82, 2.24) is 9.62 Å². The first-order valence-electron chi connectivity index (χ1n) is 8.86. The van der Waals surface area contributed by atoms with Crippen LogP contribution < -0.4 is 10.1 Å². The number of carbonyl (C=O) groups excluding carboxylic acids is 1. The average Bonchev–Trinajstić information content (AvgIpc) is 2.71. The van der Waals surface area contributed by atoms with Crippen LogP contribution in [0.5, 0.6) is 5.75 Å². The van der Waals surface area contributed by atoms with Gasteiger partial charge in [0.25, 0.3) is 0 Å². The van der Waals surface area contributed by atoms with Gasteiger partial charge in [-0.1, -0.05) is 29.8 Å². The van der Waals surface area contributed by atoms with Crippen LogP contribution in [0, 0.1) is 0 Å². The van der Waals surface area contributed by atoms with Crippen LogP contribution in [0.4, 0.5) is 13.2 Å². The zero-order chi connectivity index (χ0) is 23.2. The molecule has 0 saturated heterocycles. The Kier molecular flexibility index (Phi) is 8.10. The van der Waals surface area contributed by atoms with Crippen molar-refractivity contribution in [2.24, 2.45) is 0 Å². The third-order valence-corrected chi connectivity index (χ3v) is 6.32. The highest BCUT2D eigenvalue weighted by atomic mass is 35.5. The number of sulfonamides is 1. The molecular weight excluding hydrogens is 457 g/mol. The molecule has 6 nitrogen and oxygen atoms in total. The van der Waals surface area contributed by atoms with Crippen molar-refractivity contribution >= 4 is 27.5 Å². The molecule has 2 aromatic rings. The minimum Gasteiger partial charge on any atom is -0.497 e. The van der Waals surface area contributed by atoms with E-state index in [0.29, 0.717) is 11.8 Å². The lowest BCUT2D eigenvalue weighted by molar-refractivity contribution is -0.137. The number of hydrogen-bond donors (Lipinski definition) is 1. The van der Waals surface area contributed by atoms with E-state index in [0.717, 1.165) is 22.0 Å². The molecule has 0 bridgehead atoms. The van der Waals surface area contributed by atoms with E-state index in [2.05, 4.69) is 11.9 Å². The molecule has 31 heavy (non-hydrogen) atoms. The molecule has 0 aromatic heterocycles. The molecule has 0 aliphatic carbocycles. The Labute approximate surface area is 183 Å². The Morgan fingerprint density at radius 3 is 2.42 bits per heavy atom. The van der Waals surface area contributed by atoms with E-state index in [1.165, 1.54) is 13.2 Å². The highest BCUT2D eigenvalue weighted by Gasteiger charge is 2.35. The summed E-state index contributed by atoms with van der Waals surface area (Å²) in [6.07, 6.45) is -3.60. The second-order valence-electron chi connectivity index (χ2n) is 6.35. The molecule has 0 fully saturated rings. The lowest BCUT2D eigenvalue weighted by Gasteiger charge is -2.21. The lowest BCUT2D eigenvalue weighted by atomic mass is 10.2. The lowest BCUT2D eigenvalue weighted by Crippen LogP contribution is -2.40. The summed E-state index contributed by atoms with van der Waals surface area (Å²) in [5, 5.41) is 1.95. The number of hydrogen-bond acceptors (Lipinski definition) is 4. The molecule has 0 saturated carbocycles. The Balaban J connectivity index is 2.18. The van der Waals surface area contributed by atoms with E-state index in [9.17, 15) is 26.4 Å². The van der Waals surface area contributed by atoms with E-state index in [1.807, 2.05) is 0 Å². The maximum atomic E-state index is 13.1. The van der Waals surface area contributed by atoms with Gasteiger partial charge < -0.3 is 10.1 Å². The van der Waals surface area contributed by atoms with Crippen LogP contribution >= 0.6 is 11.6 Å². The molecule has 11 heteroatoms. The van der Waals surface area contributed by atoms with Crippen LogP contribution in [0.1, 0.15) is 11.1 Å². The normalized spacial score (nSPS) is 11.9. The first-order valence-corrected chi connectivity index (χ1v) is 10.7. The Hall–Kier alpha value is -2.56. The zero-order valence-electron chi connectivity index (χ0n) is 16.4. The van der Waals surface area contributed by atoms with Gasteiger partial charge in [-0.3, -0.25) is 4.79 Å². The highest BCUT2D eigenvalue weighted by molar-refractivity contribution is 7.89. The monoisotopic (exact) mass is 476 g/mol. The molecule has 168 valence electrons. The minimum atomic E-state index is -4.83. The Morgan fingerprint density at radius 1 is 1.23 bits per heavy atom. The number of ether oxygens (including phenoxy) is 1. The summed E-state index contributed by atoms with van der Waals surface area (Å²) in [6, 6.07) is 9.12. The molecule has 2 rings (SSSR count). The largest absolute Gasteiger partial charge is 0.497 e. The molecule has 0 radical (unpaired) electrons. The molecule has 0 aliphatic rings. The molecule has 1 N–H and O–H groups in total.